The van der Waals surface area contributed by atoms with Crippen molar-refractivity contribution in [3.8, 4) is 5.75 Å². The highest BCUT2D eigenvalue weighted by atomic mass is 16.5. The molecule has 4 heteroatoms. The van der Waals surface area contributed by atoms with E-state index in [1.165, 1.54) is 0 Å². The molecule has 0 unspecified atom stereocenters. The summed E-state index contributed by atoms with van der Waals surface area (Å²) in [6.07, 6.45) is 0.652. The van der Waals surface area contributed by atoms with Crippen LogP contribution in [0, 0.1) is 0 Å². The van der Waals surface area contributed by atoms with Gasteiger partial charge in [-0.3, -0.25) is 4.79 Å². The van der Waals surface area contributed by atoms with Crippen molar-refractivity contribution in [2.45, 2.75) is 31.4 Å². The summed E-state index contributed by atoms with van der Waals surface area (Å²) < 4.78 is 5.85. The monoisotopic (exact) mass is 260 g/mol. The Balaban J connectivity index is 1.75. The second kappa shape index (κ2) is 4.85. The van der Waals surface area contributed by atoms with E-state index in [2.05, 4.69) is 12.2 Å². The lowest BCUT2D eigenvalue weighted by Gasteiger charge is -2.27. The molecule has 0 aromatic heterocycles. The summed E-state index contributed by atoms with van der Waals surface area (Å²) in [5, 5.41) is 3.29. The molecule has 0 aliphatic carbocycles. The third-order valence-electron chi connectivity index (χ3n) is 4.29. The molecular weight excluding hydrogens is 240 g/mol. The number of para-hydroxylation sites is 1. The van der Waals surface area contributed by atoms with Crippen LogP contribution >= 0.6 is 0 Å². The predicted molar refractivity (Wildman–Crippen MR) is 73.3 cm³/mol. The minimum atomic E-state index is -0.372. The van der Waals surface area contributed by atoms with Crippen LogP contribution in [0.3, 0.4) is 0 Å². The molecule has 2 aliphatic heterocycles. The first-order valence-electron chi connectivity index (χ1n) is 6.91. The summed E-state index contributed by atoms with van der Waals surface area (Å²) in [5.41, 5.74) is 1.14. The van der Waals surface area contributed by atoms with Gasteiger partial charge in [0.1, 0.15) is 5.75 Å². The molecule has 0 saturated carbocycles. The second-order valence-corrected chi connectivity index (χ2v) is 5.46. The lowest BCUT2D eigenvalue weighted by Crippen LogP contribution is -2.46. The second-order valence-electron chi connectivity index (χ2n) is 5.46. The molecule has 3 atom stereocenters. The van der Waals surface area contributed by atoms with Crippen molar-refractivity contribution < 1.29 is 9.53 Å². The number of amides is 1. The van der Waals surface area contributed by atoms with Crippen molar-refractivity contribution in [3.05, 3.63) is 29.8 Å². The smallest absolute Gasteiger partial charge is 0.264 e. The number of likely N-dealkylation sites (N-methyl/N-ethyl adjacent to an activating group) is 1. The molecule has 3 rings (SSSR count). The van der Waals surface area contributed by atoms with Crippen LogP contribution in [0.25, 0.3) is 0 Å². The average molecular weight is 260 g/mol. The quantitative estimate of drug-likeness (QED) is 0.873. The number of nitrogens with one attached hydrogen (secondary N) is 1. The molecule has 19 heavy (non-hydrogen) atoms. The molecule has 0 radical (unpaired) electrons. The van der Waals surface area contributed by atoms with Crippen LogP contribution in [-0.2, 0) is 4.79 Å². The highest BCUT2D eigenvalue weighted by Gasteiger charge is 2.39. The highest BCUT2D eigenvalue weighted by Crippen LogP contribution is 2.38. The molecule has 1 aromatic rings. The molecule has 0 bridgehead atoms. The number of nitrogens with zero attached hydrogens (tertiary/aromatic N) is 1. The Hall–Kier alpha value is -1.55. The van der Waals surface area contributed by atoms with Gasteiger partial charge >= 0.3 is 0 Å². The van der Waals surface area contributed by atoms with Crippen LogP contribution in [0.1, 0.15) is 24.8 Å². The van der Waals surface area contributed by atoms with Crippen molar-refractivity contribution in [2.24, 2.45) is 0 Å². The van der Waals surface area contributed by atoms with E-state index < -0.39 is 0 Å². The highest BCUT2D eigenvalue weighted by molar-refractivity contribution is 5.83. The van der Waals surface area contributed by atoms with E-state index in [0.717, 1.165) is 30.8 Å². The van der Waals surface area contributed by atoms with Crippen molar-refractivity contribution in [3.63, 3.8) is 0 Å². The van der Waals surface area contributed by atoms with E-state index in [1.54, 1.807) is 0 Å². The fraction of sp³-hybridized carbons (Fsp3) is 0.533. The molecular formula is C15H20N2O2. The third kappa shape index (κ3) is 2.10. The van der Waals surface area contributed by atoms with Gasteiger partial charge < -0.3 is 15.0 Å². The summed E-state index contributed by atoms with van der Waals surface area (Å²) >= 11 is 0. The summed E-state index contributed by atoms with van der Waals surface area (Å²) in [4.78, 5) is 14.4. The van der Waals surface area contributed by atoms with E-state index in [9.17, 15) is 4.79 Å². The number of ether oxygens (including phenoxy) is 1. The summed E-state index contributed by atoms with van der Waals surface area (Å²) in [5.74, 6) is 1.07. The Labute approximate surface area is 113 Å². The summed E-state index contributed by atoms with van der Waals surface area (Å²) in [6, 6.07) is 8.23. The van der Waals surface area contributed by atoms with Crippen molar-refractivity contribution in [1.82, 2.24) is 10.2 Å². The first kappa shape index (κ1) is 12.5. The lowest BCUT2D eigenvalue weighted by molar-refractivity contribution is -0.139. The van der Waals surface area contributed by atoms with Gasteiger partial charge in [-0.05, 0) is 19.0 Å². The van der Waals surface area contributed by atoms with Crippen molar-refractivity contribution in [2.75, 3.05) is 20.1 Å². The van der Waals surface area contributed by atoms with Crippen LogP contribution in [0.2, 0.25) is 0 Å². The Morgan fingerprint density at radius 1 is 1.42 bits per heavy atom. The maximum absolute atomic E-state index is 12.6. The van der Waals surface area contributed by atoms with E-state index in [1.807, 2.05) is 36.2 Å². The summed E-state index contributed by atoms with van der Waals surface area (Å²) in [7, 11) is 1.89. The molecule has 2 aliphatic rings. The number of carbonyl (C=O) groups excluding carboxylic acids is 1. The van der Waals surface area contributed by atoms with E-state index in [4.69, 9.17) is 4.74 Å². The number of fused-ring (bicyclic) bond motifs is 1. The zero-order valence-electron chi connectivity index (χ0n) is 11.4. The fourth-order valence-electron chi connectivity index (χ4n) is 2.98. The maximum Gasteiger partial charge on any atom is 0.264 e. The number of hydrogen-bond donors (Lipinski definition) is 1. The molecule has 2 heterocycles. The predicted octanol–water partition coefficient (Wildman–Crippen LogP) is 1.37. The van der Waals surface area contributed by atoms with Gasteiger partial charge in [-0.25, -0.2) is 0 Å². The SMILES string of the molecule is C[C@@H]1c2ccccc2O[C@H]1C(=O)N(C)[C@H]1CCNC1. The van der Waals surface area contributed by atoms with Crippen LogP contribution in [0.5, 0.6) is 5.75 Å². The van der Waals surface area contributed by atoms with Crippen molar-refractivity contribution in [1.29, 1.82) is 0 Å². The van der Waals surface area contributed by atoms with Gasteiger partial charge in [-0.1, -0.05) is 25.1 Å². The number of carbonyl (C=O) groups is 1. The Morgan fingerprint density at radius 2 is 2.21 bits per heavy atom. The molecule has 0 spiro atoms. The lowest BCUT2D eigenvalue weighted by atomic mass is 9.96. The molecule has 1 saturated heterocycles. The first-order valence-corrected chi connectivity index (χ1v) is 6.91. The fourth-order valence-corrected chi connectivity index (χ4v) is 2.98. The van der Waals surface area contributed by atoms with Gasteiger partial charge in [0.2, 0.25) is 0 Å². The van der Waals surface area contributed by atoms with Crippen molar-refractivity contribution >= 4 is 5.91 Å². The van der Waals surface area contributed by atoms with Crippen LogP contribution in [0.15, 0.2) is 24.3 Å². The van der Waals surface area contributed by atoms with E-state index in [0.29, 0.717) is 6.04 Å². The number of hydrogen-bond acceptors (Lipinski definition) is 3. The van der Waals surface area contributed by atoms with Gasteiger partial charge in [-0.2, -0.15) is 0 Å². The average Bonchev–Trinajstić information content (AvgIpc) is 3.06. The first-order chi connectivity index (χ1) is 9.18. The standard InChI is InChI=1S/C15H20N2O2/c1-10-12-5-3-4-6-13(12)19-14(10)15(18)17(2)11-7-8-16-9-11/h3-6,10-11,14,16H,7-9H2,1-2H3/t10-,11+,14-/m1/s1. The van der Waals surface area contributed by atoms with Crippen LogP contribution in [-0.4, -0.2) is 43.1 Å². The normalized spacial score (nSPS) is 28.8. The Bertz CT molecular complexity index is 483. The van der Waals surface area contributed by atoms with Crippen LogP contribution < -0.4 is 10.1 Å². The maximum atomic E-state index is 12.6. The molecule has 4 nitrogen and oxygen atoms in total. The van der Waals surface area contributed by atoms with Crippen LogP contribution in [0.4, 0.5) is 0 Å². The third-order valence-corrected chi connectivity index (χ3v) is 4.29. The minimum Gasteiger partial charge on any atom is -0.480 e. The van der Waals surface area contributed by atoms with Gasteiger partial charge in [0, 0.05) is 31.1 Å². The Kier molecular flexibility index (Phi) is 3.19. The number of rotatable bonds is 2. The molecule has 1 amide bonds. The van der Waals surface area contributed by atoms with E-state index >= 15 is 0 Å². The molecule has 1 fully saturated rings. The molecule has 1 aromatic carbocycles. The van der Waals surface area contributed by atoms with Gasteiger partial charge in [0.05, 0.1) is 0 Å². The largest absolute Gasteiger partial charge is 0.480 e. The molecule has 102 valence electrons. The van der Waals surface area contributed by atoms with Gasteiger partial charge in [0.15, 0.2) is 6.10 Å². The van der Waals surface area contributed by atoms with Gasteiger partial charge in [0.25, 0.3) is 5.91 Å². The molecule has 1 N–H and O–H groups in total. The van der Waals surface area contributed by atoms with Gasteiger partial charge in [-0.15, -0.1) is 0 Å². The zero-order chi connectivity index (χ0) is 13.4. The zero-order valence-corrected chi connectivity index (χ0v) is 11.4. The number of benzene rings is 1. The summed E-state index contributed by atoms with van der Waals surface area (Å²) in [6.45, 7) is 3.94. The topological polar surface area (TPSA) is 41.6 Å². The minimum absolute atomic E-state index is 0.0948. The van der Waals surface area contributed by atoms with E-state index in [-0.39, 0.29) is 17.9 Å². The Morgan fingerprint density at radius 3 is 2.89 bits per heavy atom.